The Bertz CT molecular complexity index is 603. The van der Waals surface area contributed by atoms with Crippen LogP contribution in [0.25, 0.3) is 0 Å². The molecule has 2 rings (SSSR count). The van der Waals surface area contributed by atoms with E-state index in [9.17, 15) is 0 Å². The molecule has 0 amide bonds. The van der Waals surface area contributed by atoms with Gasteiger partial charge >= 0.3 is 0 Å². The average Bonchev–Trinajstić information content (AvgIpc) is 2.87. The highest BCUT2D eigenvalue weighted by atomic mass is 79.9. The van der Waals surface area contributed by atoms with E-state index in [0.717, 1.165) is 31.4 Å². The quantitative estimate of drug-likeness (QED) is 0.834. The average molecular weight is 377 g/mol. The van der Waals surface area contributed by atoms with Crippen molar-refractivity contribution >= 4 is 38.9 Å². The summed E-state index contributed by atoms with van der Waals surface area (Å²) in [6.07, 6.45) is 0. The maximum absolute atomic E-state index is 6.25. The first-order valence-corrected chi connectivity index (χ1v) is 7.99. The number of thiophene rings is 1. The van der Waals surface area contributed by atoms with Crippen LogP contribution in [-0.2, 0) is 0 Å². The molecule has 0 bridgehead atoms. The second kappa shape index (κ2) is 6.80. The summed E-state index contributed by atoms with van der Waals surface area (Å²) in [6, 6.07) is 5.72. The van der Waals surface area contributed by atoms with Crippen LogP contribution in [0.2, 0.25) is 5.02 Å². The van der Waals surface area contributed by atoms with E-state index in [4.69, 9.17) is 21.1 Å². The number of rotatable bonds is 5. The first-order chi connectivity index (χ1) is 9.62. The summed E-state index contributed by atoms with van der Waals surface area (Å²) in [5, 5.41) is 6.01. The van der Waals surface area contributed by atoms with E-state index in [-0.39, 0.29) is 6.04 Å². The maximum atomic E-state index is 6.25. The van der Waals surface area contributed by atoms with Gasteiger partial charge in [0.25, 0.3) is 0 Å². The Morgan fingerprint density at radius 3 is 2.45 bits per heavy atom. The van der Waals surface area contributed by atoms with E-state index in [0.29, 0.717) is 0 Å². The zero-order chi connectivity index (χ0) is 14.7. The molecule has 0 spiro atoms. The van der Waals surface area contributed by atoms with Crippen LogP contribution >= 0.6 is 38.9 Å². The largest absolute Gasteiger partial charge is 0.496 e. The van der Waals surface area contributed by atoms with E-state index < -0.39 is 0 Å². The molecule has 1 aromatic heterocycles. The van der Waals surface area contributed by atoms with Crippen LogP contribution in [0.1, 0.15) is 16.5 Å². The van der Waals surface area contributed by atoms with Gasteiger partial charge in [0.15, 0.2) is 0 Å². The summed E-state index contributed by atoms with van der Waals surface area (Å²) >= 11 is 11.3. The van der Waals surface area contributed by atoms with E-state index >= 15 is 0 Å². The van der Waals surface area contributed by atoms with Gasteiger partial charge in [-0.1, -0.05) is 11.6 Å². The van der Waals surface area contributed by atoms with Crippen molar-refractivity contribution < 1.29 is 9.47 Å². The van der Waals surface area contributed by atoms with Crippen LogP contribution < -0.4 is 14.8 Å². The van der Waals surface area contributed by atoms with Crippen LogP contribution in [0.4, 0.5) is 0 Å². The van der Waals surface area contributed by atoms with Crippen LogP contribution in [0.3, 0.4) is 0 Å². The maximum Gasteiger partial charge on any atom is 0.133 e. The highest BCUT2D eigenvalue weighted by Crippen LogP contribution is 2.40. The molecule has 0 aliphatic rings. The van der Waals surface area contributed by atoms with Crippen LogP contribution in [-0.4, -0.2) is 21.3 Å². The highest BCUT2D eigenvalue weighted by Gasteiger charge is 2.22. The lowest BCUT2D eigenvalue weighted by Crippen LogP contribution is -2.18. The number of hydrogen-bond acceptors (Lipinski definition) is 4. The third-order valence-electron chi connectivity index (χ3n) is 3.01. The van der Waals surface area contributed by atoms with Crippen molar-refractivity contribution in [2.75, 3.05) is 21.3 Å². The third kappa shape index (κ3) is 2.96. The summed E-state index contributed by atoms with van der Waals surface area (Å²) in [6.45, 7) is 0. The Hall–Kier alpha value is -0.750. The van der Waals surface area contributed by atoms with Gasteiger partial charge in [-0.3, -0.25) is 0 Å². The normalized spacial score (nSPS) is 12.2. The van der Waals surface area contributed by atoms with Crippen molar-refractivity contribution in [3.8, 4) is 11.5 Å². The predicted octanol–water partition coefficient (Wildman–Crippen LogP) is 4.49. The molecule has 0 saturated carbocycles. The topological polar surface area (TPSA) is 30.5 Å². The number of benzene rings is 1. The van der Waals surface area contributed by atoms with Gasteiger partial charge < -0.3 is 14.8 Å². The summed E-state index contributed by atoms with van der Waals surface area (Å²) in [4.78, 5) is 1.05. The second-order valence-corrected chi connectivity index (χ2v) is 6.29. The first-order valence-electron chi connectivity index (χ1n) is 5.94. The van der Waals surface area contributed by atoms with Gasteiger partial charge in [0.2, 0.25) is 0 Å². The van der Waals surface area contributed by atoms with Gasteiger partial charge in [-0.15, -0.1) is 11.3 Å². The minimum Gasteiger partial charge on any atom is -0.496 e. The van der Waals surface area contributed by atoms with Crippen LogP contribution in [0.15, 0.2) is 28.1 Å². The Morgan fingerprint density at radius 2 is 1.95 bits per heavy atom. The minimum atomic E-state index is -0.0422. The number of methoxy groups -OCH3 is 2. The molecule has 1 N–H and O–H groups in total. The standard InChI is InChI=1S/C14H15BrClNO2S/c1-17-13(14-10(16)4-5-20-14)8-6-12(19-3)9(15)7-11(8)18-2/h4-7,13,17H,1-3H3. The summed E-state index contributed by atoms with van der Waals surface area (Å²) in [7, 11) is 5.19. The molecule has 1 heterocycles. The lowest BCUT2D eigenvalue weighted by molar-refractivity contribution is 0.393. The predicted molar refractivity (Wildman–Crippen MR) is 87.5 cm³/mol. The minimum absolute atomic E-state index is 0.0422. The molecule has 0 aliphatic carbocycles. The molecule has 2 aromatic rings. The lowest BCUT2D eigenvalue weighted by Gasteiger charge is -2.20. The van der Waals surface area contributed by atoms with E-state index in [1.165, 1.54) is 0 Å². The van der Waals surface area contributed by atoms with Crippen molar-refractivity contribution in [1.29, 1.82) is 0 Å². The summed E-state index contributed by atoms with van der Waals surface area (Å²) in [5.74, 6) is 1.54. The van der Waals surface area contributed by atoms with Gasteiger partial charge in [0.05, 0.1) is 29.8 Å². The Morgan fingerprint density at radius 1 is 1.25 bits per heavy atom. The monoisotopic (exact) mass is 375 g/mol. The molecule has 3 nitrogen and oxygen atoms in total. The molecular formula is C14H15BrClNO2S. The van der Waals surface area contributed by atoms with E-state index in [2.05, 4.69) is 21.2 Å². The van der Waals surface area contributed by atoms with Crippen molar-refractivity contribution in [1.82, 2.24) is 5.32 Å². The fourth-order valence-corrected chi connectivity index (χ4v) is 3.83. The Kier molecular flexibility index (Phi) is 5.32. The molecule has 6 heteroatoms. The van der Waals surface area contributed by atoms with E-state index in [1.807, 2.05) is 30.6 Å². The number of hydrogen-bond donors (Lipinski definition) is 1. The van der Waals surface area contributed by atoms with Gasteiger partial charge in [0, 0.05) is 10.4 Å². The second-order valence-electron chi connectivity index (χ2n) is 4.08. The van der Waals surface area contributed by atoms with Gasteiger partial charge in [0.1, 0.15) is 11.5 Å². The fraction of sp³-hybridized carbons (Fsp3) is 0.286. The zero-order valence-corrected chi connectivity index (χ0v) is 14.5. The molecular weight excluding hydrogens is 362 g/mol. The molecule has 20 heavy (non-hydrogen) atoms. The summed E-state index contributed by atoms with van der Waals surface area (Å²) in [5.41, 5.74) is 0.986. The smallest absolute Gasteiger partial charge is 0.133 e. The number of ether oxygens (including phenoxy) is 2. The molecule has 1 unspecified atom stereocenters. The molecule has 108 valence electrons. The molecule has 0 radical (unpaired) electrons. The van der Waals surface area contributed by atoms with Crippen molar-refractivity contribution in [3.05, 3.63) is 43.5 Å². The van der Waals surface area contributed by atoms with Crippen molar-refractivity contribution in [2.24, 2.45) is 0 Å². The third-order valence-corrected chi connectivity index (χ3v) is 5.05. The zero-order valence-electron chi connectivity index (χ0n) is 11.4. The lowest BCUT2D eigenvalue weighted by atomic mass is 10.0. The first kappa shape index (κ1) is 15.6. The molecule has 0 aliphatic heterocycles. The molecule has 0 fully saturated rings. The SMILES string of the molecule is CNC(c1cc(OC)c(Br)cc1OC)c1sccc1Cl. The van der Waals surface area contributed by atoms with Crippen molar-refractivity contribution in [3.63, 3.8) is 0 Å². The Labute approximate surface area is 136 Å². The van der Waals surface area contributed by atoms with Gasteiger partial charge in [-0.05, 0) is 46.6 Å². The molecule has 1 aromatic carbocycles. The van der Waals surface area contributed by atoms with Gasteiger partial charge in [-0.25, -0.2) is 0 Å². The van der Waals surface area contributed by atoms with Crippen LogP contribution in [0.5, 0.6) is 11.5 Å². The molecule has 1 atom stereocenters. The highest BCUT2D eigenvalue weighted by molar-refractivity contribution is 9.10. The number of nitrogens with one attached hydrogen (secondary N) is 1. The van der Waals surface area contributed by atoms with Crippen molar-refractivity contribution in [2.45, 2.75) is 6.04 Å². The summed E-state index contributed by atoms with van der Waals surface area (Å²) < 4.78 is 11.7. The Balaban J connectivity index is 2.56. The fourth-order valence-electron chi connectivity index (χ4n) is 2.05. The van der Waals surface area contributed by atoms with E-state index in [1.54, 1.807) is 25.6 Å². The van der Waals surface area contributed by atoms with Crippen LogP contribution in [0, 0.1) is 0 Å². The number of halogens is 2. The van der Waals surface area contributed by atoms with Gasteiger partial charge in [-0.2, -0.15) is 0 Å². The molecule has 0 saturated heterocycles.